The van der Waals surface area contributed by atoms with Gasteiger partial charge in [-0.25, -0.2) is 0 Å². The van der Waals surface area contributed by atoms with Crippen molar-refractivity contribution in [2.24, 2.45) is 5.92 Å². The maximum atomic E-state index is 12.9. The van der Waals surface area contributed by atoms with Crippen LogP contribution in [0.15, 0.2) is 84.9 Å². The van der Waals surface area contributed by atoms with Crippen LogP contribution in [0.3, 0.4) is 0 Å². The van der Waals surface area contributed by atoms with Gasteiger partial charge >= 0.3 is 0 Å². The molecular weight excluding hydrogens is 388 g/mol. The lowest BCUT2D eigenvalue weighted by atomic mass is 10.0. The van der Waals surface area contributed by atoms with Crippen LogP contribution >= 0.6 is 0 Å². The molecule has 1 aliphatic rings. The van der Waals surface area contributed by atoms with E-state index in [0.29, 0.717) is 19.6 Å². The lowest BCUT2D eigenvalue weighted by molar-refractivity contribution is -0.132. The Labute approximate surface area is 182 Å². The van der Waals surface area contributed by atoms with Crippen molar-refractivity contribution in [3.8, 4) is 5.75 Å². The summed E-state index contributed by atoms with van der Waals surface area (Å²) in [6, 6.07) is 27.0. The van der Waals surface area contributed by atoms with Gasteiger partial charge in [0, 0.05) is 12.2 Å². The number of hydrogen-bond donors (Lipinski definition) is 1. The van der Waals surface area contributed by atoms with E-state index in [1.807, 2.05) is 91.9 Å². The number of nitrogens with zero attached hydrogens (tertiary/aromatic N) is 1. The van der Waals surface area contributed by atoms with E-state index in [9.17, 15) is 9.59 Å². The standard InChI is InChI=1S/C26H26N2O3/c1-19(21-10-6-3-7-11-21)27-25(29)24-16-17-28(26(24)30)22-12-14-23(15-13-22)31-18-20-8-4-2-5-9-20/h2-15,19,24H,16-18H2,1H3,(H,27,29)/t19-,24+/m0/s1. The fourth-order valence-electron chi connectivity index (χ4n) is 3.78. The molecule has 1 heterocycles. The van der Waals surface area contributed by atoms with E-state index in [-0.39, 0.29) is 17.9 Å². The van der Waals surface area contributed by atoms with E-state index in [0.717, 1.165) is 22.6 Å². The minimum Gasteiger partial charge on any atom is -0.489 e. The number of amides is 2. The van der Waals surface area contributed by atoms with Crippen LogP contribution in [0, 0.1) is 5.92 Å². The third kappa shape index (κ3) is 4.94. The zero-order valence-electron chi connectivity index (χ0n) is 17.5. The molecule has 0 aliphatic carbocycles. The predicted octanol–water partition coefficient (Wildman–Crippen LogP) is 4.50. The molecule has 31 heavy (non-hydrogen) atoms. The molecule has 0 unspecified atom stereocenters. The van der Waals surface area contributed by atoms with Crippen LogP contribution in [-0.2, 0) is 16.2 Å². The third-order valence-corrected chi connectivity index (χ3v) is 5.58. The van der Waals surface area contributed by atoms with Gasteiger partial charge in [-0.1, -0.05) is 60.7 Å². The molecule has 1 N–H and O–H groups in total. The Hall–Kier alpha value is -3.60. The fraction of sp³-hybridized carbons (Fsp3) is 0.231. The zero-order valence-corrected chi connectivity index (χ0v) is 17.5. The third-order valence-electron chi connectivity index (χ3n) is 5.58. The average molecular weight is 415 g/mol. The summed E-state index contributed by atoms with van der Waals surface area (Å²) in [6.45, 7) is 2.95. The average Bonchev–Trinajstić information content (AvgIpc) is 3.20. The smallest absolute Gasteiger partial charge is 0.239 e. The van der Waals surface area contributed by atoms with Gasteiger partial charge in [0.15, 0.2) is 0 Å². The van der Waals surface area contributed by atoms with Crippen LogP contribution < -0.4 is 15.0 Å². The van der Waals surface area contributed by atoms with E-state index in [1.165, 1.54) is 0 Å². The van der Waals surface area contributed by atoms with Crippen molar-refractivity contribution in [2.75, 3.05) is 11.4 Å². The molecule has 0 spiro atoms. The Morgan fingerprint density at radius 3 is 2.32 bits per heavy atom. The van der Waals surface area contributed by atoms with E-state index < -0.39 is 5.92 Å². The maximum Gasteiger partial charge on any atom is 0.239 e. The van der Waals surface area contributed by atoms with Crippen LogP contribution in [0.1, 0.15) is 30.5 Å². The van der Waals surface area contributed by atoms with Gasteiger partial charge in [0.2, 0.25) is 11.8 Å². The van der Waals surface area contributed by atoms with Gasteiger partial charge < -0.3 is 15.0 Å². The lowest BCUT2D eigenvalue weighted by Crippen LogP contribution is -2.38. The molecule has 2 amide bonds. The van der Waals surface area contributed by atoms with E-state index in [1.54, 1.807) is 4.90 Å². The Balaban J connectivity index is 1.34. The summed E-state index contributed by atoms with van der Waals surface area (Å²) in [4.78, 5) is 27.3. The summed E-state index contributed by atoms with van der Waals surface area (Å²) in [7, 11) is 0. The molecule has 0 bridgehead atoms. The number of rotatable bonds is 7. The molecule has 5 heteroatoms. The number of hydrogen-bond acceptors (Lipinski definition) is 3. The van der Waals surface area contributed by atoms with Gasteiger partial charge in [-0.15, -0.1) is 0 Å². The van der Waals surface area contributed by atoms with Gasteiger partial charge in [0.05, 0.1) is 6.04 Å². The Kier molecular flexibility index (Phi) is 6.32. The highest BCUT2D eigenvalue weighted by molar-refractivity contribution is 6.09. The first kappa shape index (κ1) is 20.7. The molecule has 1 fully saturated rings. The number of carbonyl (C=O) groups is 2. The molecular formula is C26H26N2O3. The van der Waals surface area contributed by atoms with Crippen LogP contribution in [0.25, 0.3) is 0 Å². The summed E-state index contributed by atoms with van der Waals surface area (Å²) < 4.78 is 5.81. The van der Waals surface area contributed by atoms with Gasteiger partial charge in [-0.05, 0) is 48.7 Å². The van der Waals surface area contributed by atoms with Crippen molar-refractivity contribution in [3.05, 3.63) is 96.1 Å². The summed E-state index contributed by atoms with van der Waals surface area (Å²) in [5.74, 6) is -0.284. The highest BCUT2D eigenvalue weighted by Gasteiger charge is 2.38. The number of ether oxygens (including phenoxy) is 1. The van der Waals surface area contributed by atoms with Crippen LogP contribution in [0.2, 0.25) is 0 Å². The Morgan fingerprint density at radius 1 is 1.00 bits per heavy atom. The largest absolute Gasteiger partial charge is 0.489 e. The number of anilines is 1. The van der Waals surface area contributed by atoms with Crippen molar-refractivity contribution in [3.63, 3.8) is 0 Å². The molecule has 0 aromatic heterocycles. The van der Waals surface area contributed by atoms with Crippen molar-refractivity contribution in [1.82, 2.24) is 5.32 Å². The minimum absolute atomic E-state index is 0.142. The minimum atomic E-state index is -0.653. The van der Waals surface area contributed by atoms with Gasteiger partial charge in [0.25, 0.3) is 0 Å². The molecule has 3 aromatic carbocycles. The number of nitrogens with one attached hydrogen (secondary N) is 1. The van der Waals surface area contributed by atoms with Crippen LogP contribution in [0.4, 0.5) is 5.69 Å². The topological polar surface area (TPSA) is 58.6 Å². The molecule has 1 aliphatic heterocycles. The molecule has 158 valence electrons. The first-order chi connectivity index (χ1) is 15.1. The van der Waals surface area contributed by atoms with E-state index >= 15 is 0 Å². The van der Waals surface area contributed by atoms with Gasteiger partial charge in [0.1, 0.15) is 18.3 Å². The first-order valence-corrected chi connectivity index (χ1v) is 10.6. The first-order valence-electron chi connectivity index (χ1n) is 10.6. The molecule has 1 saturated heterocycles. The molecule has 2 atom stereocenters. The van der Waals surface area contributed by atoms with Crippen LogP contribution in [-0.4, -0.2) is 18.4 Å². The summed E-state index contributed by atoms with van der Waals surface area (Å²) in [5, 5.41) is 2.98. The van der Waals surface area contributed by atoms with Crippen molar-refractivity contribution in [1.29, 1.82) is 0 Å². The second-order valence-corrected chi connectivity index (χ2v) is 7.74. The normalized spacial score (nSPS) is 16.7. The SMILES string of the molecule is C[C@H](NC(=O)[C@H]1CCN(c2ccc(OCc3ccccc3)cc2)C1=O)c1ccccc1. The molecule has 0 radical (unpaired) electrons. The van der Waals surface area contributed by atoms with Gasteiger partial charge in [-0.3, -0.25) is 9.59 Å². The Morgan fingerprint density at radius 2 is 1.65 bits per heavy atom. The second-order valence-electron chi connectivity index (χ2n) is 7.74. The number of carbonyl (C=O) groups excluding carboxylic acids is 2. The highest BCUT2D eigenvalue weighted by atomic mass is 16.5. The number of benzene rings is 3. The highest BCUT2D eigenvalue weighted by Crippen LogP contribution is 2.28. The summed E-state index contributed by atoms with van der Waals surface area (Å²) >= 11 is 0. The van der Waals surface area contributed by atoms with Crippen molar-refractivity contribution in [2.45, 2.75) is 26.0 Å². The summed E-state index contributed by atoms with van der Waals surface area (Å²) in [5.41, 5.74) is 2.90. The van der Waals surface area contributed by atoms with E-state index in [4.69, 9.17) is 4.74 Å². The van der Waals surface area contributed by atoms with E-state index in [2.05, 4.69) is 5.32 Å². The molecule has 5 nitrogen and oxygen atoms in total. The molecule has 0 saturated carbocycles. The quantitative estimate of drug-likeness (QED) is 0.579. The zero-order chi connectivity index (χ0) is 21.6. The summed E-state index contributed by atoms with van der Waals surface area (Å²) in [6.07, 6.45) is 0.512. The van der Waals surface area contributed by atoms with Crippen molar-refractivity contribution < 1.29 is 14.3 Å². The fourth-order valence-corrected chi connectivity index (χ4v) is 3.78. The molecule has 3 aromatic rings. The van der Waals surface area contributed by atoms with Gasteiger partial charge in [-0.2, -0.15) is 0 Å². The predicted molar refractivity (Wildman–Crippen MR) is 121 cm³/mol. The maximum absolute atomic E-state index is 12.9. The monoisotopic (exact) mass is 414 g/mol. The Bertz CT molecular complexity index is 1020. The second kappa shape index (κ2) is 9.47. The van der Waals surface area contributed by atoms with Crippen molar-refractivity contribution >= 4 is 17.5 Å². The van der Waals surface area contributed by atoms with Crippen LogP contribution in [0.5, 0.6) is 5.75 Å². The lowest BCUT2D eigenvalue weighted by Gasteiger charge is -2.19. The molecule has 4 rings (SSSR count).